The van der Waals surface area contributed by atoms with E-state index in [1.54, 1.807) is 0 Å². The average Bonchev–Trinajstić information content (AvgIpc) is 2.26. The van der Waals surface area contributed by atoms with E-state index in [4.69, 9.17) is 0 Å². The fourth-order valence-electron chi connectivity index (χ4n) is 2.06. The smallest absolute Gasteiger partial charge is 0.221 e. The SMILES string of the molecule is CC(C)NC(=O)CCN(C)C1CCCNC1. The molecule has 1 unspecified atom stereocenters. The molecule has 1 atom stereocenters. The number of nitrogens with one attached hydrogen (secondary N) is 2. The molecule has 0 saturated carbocycles. The third-order valence-corrected chi connectivity index (χ3v) is 3.04. The van der Waals surface area contributed by atoms with Crippen LogP contribution in [-0.2, 0) is 4.79 Å². The molecule has 1 fully saturated rings. The Morgan fingerprint density at radius 2 is 2.31 bits per heavy atom. The van der Waals surface area contributed by atoms with Crippen molar-refractivity contribution in [1.82, 2.24) is 15.5 Å². The lowest BCUT2D eigenvalue weighted by Gasteiger charge is -2.31. The predicted molar refractivity (Wildman–Crippen MR) is 66.4 cm³/mol. The molecule has 0 aliphatic carbocycles. The van der Waals surface area contributed by atoms with E-state index >= 15 is 0 Å². The fraction of sp³-hybridized carbons (Fsp3) is 0.917. The van der Waals surface area contributed by atoms with Crippen molar-refractivity contribution in [1.29, 1.82) is 0 Å². The van der Waals surface area contributed by atoms with Crippen LogP contribution in [0.2, 0.25) is 0 Å². The van der Waals surface area contributed by atoms with Crippen LogP contribution in [0.4, 0.5) is 0 Å². The highest BCUT2D eigenvalue weighted by atomic mass is 16.1. The van der Waals surface area contributed by atoms with Gasteiger partial charge in [0, 0.05) is 31.6 Å². The number of rotatable bonds is 5. The average molecular weight is 227 g/mol. The maximum Gasteiger partial charge on any atom is 0.221 e. The molecule has 1 heterocycles. The van der Waals surface area contributed by atoms with Gasteiger partial charge in [-0.15, -0.1) is 0 Å². The maximum absolute atomic E-state index is 11.5. The molecule has 4 nitrogen and oxygen atoms in total. The van der Waals surface area contributed by atoms with Crippen LogP contribution in [0.3, 0.4) is 0 Å². The molecule has 1 amide bonds. The number of hydrogen-bond acceptors (Lipinski definition) is 3. The van der Waals surface area contributed by atoms with Crippen molar-refractivity contribution in [3.8, 4) is 0 Å². The van der Waals surface area contributed by atoms with Gasteiger partial charge in [-0.25, -0.2) is 0 Å². The van der Waals surface area contributed by atoms with Crippen LogP contribution in [0.1, 0.15) is 33.1 Å². The summed E-state index contributed by atoms with van der Waals surface area (Å²) < 4.78 is 0. The third kappa shape index (κ3) is 4.94. The second kappa shape index (κ2) is 6.86. The van der Waals surface area contributed by atoms with Crippen LogP contribution in [-0.4, -0.2) is 49.6 Å². The van der Waals surface area contributed by atoms with Crippen LogP contribution in [0.25, 0.3) is 0 Å². The molecule has 0 aromatic heterocycles. The van der Waals surface area contributed by atoms with Gasteiger partial charge in [0.2, 0.25) is 5.91 Å². The molecule has 0 aromatic rings. The minimum Gasteiger partial charge on any atom is -0.354 e. The highest BCUT2D eigenvalue weighted by molar-refractivity contribution is 5.76. The number of piperidine rings is 1. The van der Waals surface area contributed by atoms with Crippen molar-refractivity contribution in [2.24, 2.45) is 0 Å². The zero-order valence-corrected chi connectivity index (χ0v) is 10.8. The van der Waals surface area contributed by atoms with Crippen molar-refractivity contribution in [2.75, 3.05) is 26.7 Å². The van der Waals surface area contributed by atoms with Gasteiger partial charge in [-0.05, 0) is 40.3 Å². The van der Waals surface area contributed by atoms with Gasteiger partial charge in [0.1, 0.15) is 0 Å². The summed E-state index contributed by atoms with van der Waals surface area (Å²) in [6, 6.07) is 0.842. The van der Waals surface area contributed by atoms with Gasteiger partial charge in [0.15, 0.2) is 0 Å². The second-order valence-electron chi connectivity index (χ2n) is 4.95. The van der Waals surface area contributed by atoms with Gasteiger partial charge in [0.05, 0.1) is 0 Å². The van der Waals surface area contributed by atoms with E-state index in [9.17, 15) is 4.79 Å². The van der Waals surface area contributed by atoms with Gasteiger partial charge < -0.3 is 15.5 Å². The Labute approximate surface area is 98.8 Å². The quantitative estimate of drug-likeness (QED) is 0.722. The zero-order valence-electron chi connectivity index (χ0n) is 10.8. The van der Waals surface area contributed by atoms with E-state index in [0.29, 0.717) is 12.5 Å². The lowest BCUT2D eigenvalue weighted by atomic mass is 10.1. The molecule has 16 heavy (non-hydrogen) atoms. The van der Waals surface area contributed by atoms with E-state index < -0.39 is 0 Å². The highest BCUT2D eigenvalue weighted by Crippen LogP contribution is 2.08. The number of carbonyl (C=O) groups is 1. The van der Waals surface area contributed by atoms with Gasteiger partial charge in [-0.2, -0.15) is 0 Å². The largest absolute Gasteiger partial charge is 0.354 e. The summed E-state index contributed by atoms with van der Waals surface area (Å²) in [5.74, 6) is 0.158. The molecular formula is C12H25N3O. The molecule has 1 rings (SSSR count). The molecule has 4 heteroatoms. The molecule has 1 saturated heterocycles. The Hall–Kier alpha value is -0.610. The van der Waals surface area contributed by atoms with Crippen LogP contribution in [0, 0.1) is 0 Å². The van der Waals surface area contributed by atoms with Crippen LogP contribution < -0.4 is 10.6 Å². The first-order valence-electron chi connectivity index (χ1n) is 6.30. The molecule has 0 aromatic carbocycles. The van der Waals surface area contributed by atoms with E-state index in [2.05, 4.69) is 22.6 Å². The molecule has 1 aliphatic rings. The number of amides is 1. The summed E-state index contributed by atoms with van der Waals surface area (Å²) in [4.78, 5) is 13.8. The lowest BCUT2D eigenvalue weighted by Crippen LogP contribution is -2.45. The Balaban J connectivity index is 2.18. The van der Waals surface area contributed by atoms with E-state index in [-0.39, 0.29) is 11.9 Å². The number of hydrogen-bond donors (Lipinski definition) is 2. The third-order valence-electron chi connectivity index (χ3n) is 3.04. The molecule has 0 radical (unpaired) electrons. The predicted octanol–water partition coefficient (Wildman–Crippen LogP) is 0.585. The summed E-state index contributed by atoms with van der Waals surface area (Å²) in [5.41, 5.74) is 0. The first-order chi connectivity index (χ1) is 7.59. The summed E-state index contributed by atoms with van der Waals surface area (Å²) >= 11 is 0. The van der Waals surface area contributed by atoms with Crippen LogP contribution in [0.5, 0.6) is 0 Å². The van der Waals surface area contributed by atoms with Crippen LogP contribution in [0.15, 0.2) is 0 Å². The Bertz CT molecular complexity index is 212. The normalized spacial score (nSPS) is 21.4. The standard InChI is InChI=1S/C12H25N3O/c1-10(2)14-12(16)6-8-15(3)11-5-4-7-13-9-11/h10-11,13H,4-9H2,1-3H3,(H,14,16). The number of carbonyl (C=O) groups excluding carboxylic acids is 1. The van der Waals surface area contributed by atoms with E-state index in [0.717, 1.165) is 19.6 Å². The van der Waals surface area contributed by atoms with Gasteiger partial charge >= 0.3 is 0 Å². The second-order valence-corrected chi connectivity index (χ2v) is 4.95. The summed E-state index contributed by atoms with van der Waals surface area (Å²) in [7, 11) is 2.11. The lowest BCUT2D eigenvalue weighted by molar-refractivity contribution is -0.121. The fourth-order valence-corrected chi connectivity index (χ4v) is 2.06. The first-order valence-corrected chi connectivity index (χ1v) is 6.30. The van der Waals surface area contributed by atoms with E-state index in [1.807, 2.05) is 13.8 Å². The van der Waals surface area contributed by atoms with Crippen molar-refractivity contribution >= 4 is 5.91 Å². The van der Waals surface area contributed by atoms with Crippen molar-refractivity contribution < 1.29 is 4.79 Å². The van der Waals surface area contributed by atoms with Gasteiger partial charge in [-0.1, -0.05) is 0 Å². The highest BCUT2D eigenvalue weighted by Gasteiger charge is 2.17. The van der Waals surface area contributed by atoms with E-state index in [1.165, 1.54) is 12.8 Å². The Morgan fingerprint density at radius 1 is 1.56 bits per heavy atom. The monoisotopic (exact) mass is 227 g/mol. The van der Waals surface area contributed by atoms with Gasteiger partial charge in [-0.3, -0.25) is 4.79 Å². The minimum absolute atomic E-state index is 0.158. The molecule has 1 aliphatic heterocycles. The Morgan fingerprint density at radius 3 is 2.88 bits per heavy atom. The topological polar surface area (TPSA) is 44.4 Å². The first kappa shape index (κ1) is 13.5. The summed E-state index contributed by atoms with van der Waals surface area (Å²) in [6.45, 7) is 7.03. The molecule has 0 spiro atoms. The van der Waals surface area contributed by atoms with Crippen molar-refractivity contribution in [3.63, 3.8) is 0 Å². The number of likely N-dealkylation sites (N-methyl/N-ethyl adjacent to an activating group) is 1. The molecule has 2 N–H and O–H groups in total. The number of nitrogens with zero attached hydrogens (tertiary/aromatic N) is 1. The van der Waals surface area contributed by atoms with Gasteiger partial charge in [0.25, 0.3) is 0 Å². The van der Waals surface area contributed by atoms with Crippen LogP contribution >= 0.6 is 0 Å². The summed E-state index contributed by atoms with van der Waals surface area (Å²) in [6.07, 6.45) is 3.09. The minimum atomic E-state index is 0.158. The zero-order chi connectivity index (χ0) is 12.0. The Kier molecular flexibility index (Phi) is 5.77. The molecular weight excluding hydrogens is 202 g/mol. The molecule has 0 bridgehead atoms. The molecule has 94 valence electrons. The van der Waals surface area contributed by atoms with Crippen molar-refractivity contribution in [3.05, 3.63) is 0 Å². The van der Waals surface area contributed by atoms with Crippen molar-refractivity contribution in [2.45, 2.75) is 45.2 Å². The maximum atomic E-state index is 11.5. The summed E-state index contributed by atoms with van der Waals surface area (Å²) in [5, 5.41) is 6.31.